The summed E-state index contributed by atoms with van der Waals surface area (Å²) in [5, 5.41) is 13.9. The van der Waals surface area contributed by atoms with E-state index in [9.17, 15) is 14.9 Å². The van der Waals surface area contributed by atoms with Crippen LogP contribution in [0.1, 0.15) is 36.2 Å². The normalized spacial score (nSPS) is 13.8. The van der Waals surface area contributed by atoms with E-state index in [1.807, 2.05) is 0 Å². The maximum atomic E-state index is 11.4. The maximum Gasteiger partial charge on any atom is 0.356 e. The van der Waals surface area contributed by atoms with Crippen LogP contribution in [0.15, 0.2) is 12.1 Å². The fourth-order valence-electron chi connectivity index (χ4n) is 1.95. The van der Waals surface area contributed by atoms with Crippen LogP contribution in [0.3, 0.4) is 0 Å². The standard InChI is InChI=1S/C13H17N3O4/c1-20-13(17)10-6-7-11(16(18)19)12(15-10)14-8-2-3-9-4-5-9/h6-7,9H,2-5,8H2,1H3,(H,14,15). The van der Waals surface area contributed by atoms with Gasteiger partial charge >= 0.3 is 11.7 Å². The number of ether oxygens (including phenoxy) is 1. The highest BCUT2D eigenvalue weighted by atomic mass is 16.6. The van der Waals surface area contributed by atoms with Gasteiger partial charge in [0.05, 0.1) is 12.0 Å². The summed E-state index contributed by atoms with van der Waals surface area (Å²) in [6.45, 7) is 0.606. The van der Waals surface area contributed by atoms with Gasteiger partial charge in [0.25, 0.3) is 0 Å². The fourth-order valence-corrected chi connectivity index (χ4v) is 1.95. The predicted octanol–water partition coefficient (Wildman–Crippen LogP) is 2.38. The minimum absolute atomic E-state index is 0.0581. The van der Waals surface area contributed by atoms with Crippen LogP contribution < -0.4 is 5.32 Å². The number of methoxy groups -OCH3 is 1. The number of nitrogens with zero attached hydrogens (tertiary/aromatic N) is 2. The molecule has 1 heterocycles. The van der Waals surface area contributed by atoms with Gasteiger partial charge in [-0.1, -0.05) is 12.8 Å². The molecule has 7 heteroatoms. The number of nitrogens with one attached hydrogen (secondary N) is 1. The van der Waals surface area contributed by atoms with Crippen molar-refractivity contribution >= 4 is 17.5 Å². The smallest absolute Gasteiger partial charge is 0.356 e. The highest BCUT2D eigenvalue weighted by Crippen LogP contribution is 2.33. The van der Waals surface area contributed by atoms with Crippen molar-refractivity contribution in [1.82, 2.24) is 4.98 Å². The van der Waals surface area contributed by atoms with Gasteiger partial charge in [0.15, 0.2) is 5.69 Å². The van der Waals surface area contributed by atoms with Gasteiger partial charge in [0, 0.05) is 12.6 Å². The Morgan fingerprint density at radius 2 is 2.30 bits per heavy atom. The second-order valence-electron chi connectivity index (χ2n) is 4.83. The van der Waals surface area contributed by atoms with Crippen LogP contribution in [0, 0.1) is 16.0 Å². The minimum atomic E-state index is -0.610. The number of anilines is 1. The molecule has 0 spiro atoms. The Morgan fingerprint density at radius 3 is 2.90 bits per heavy atom. The maximum absolute atomic E-state index is 11.4. The Bertz CT molecular complexity index is 514. The predicted molar refractivity (Wildman–Crippen MR) is 72.7 cm³/mol. The summed E-state index contributed by atoms with van der Waals surface area (Å²) < 4.78 is 4.56. The van der Waals surface area contributed by atoms with Gasteiger partial charge in [-0.15, -0.1) is 0 Å². The third-order valence-electron chi connectivity index (χ3n) is 3.24. The molecule has 0 atom stereocenters. The molecule has 1 saturated carbocycles. The zero-order chi connectivity index (χ0) is 14.5. The largest absolute Gasteiger partial charge is 0.464 e. The number of pyridine rings is 1. The molecule has 2 rings (SSSR count). The first-order valence-electron chi connectivity index (χ1n) is 6.59. The zero-order valence-electron chi connectivity index (χ0n) is 11.3. The van der Waals surface area contributed by atoms with E-state index < -0.39 is 10.9 Å². The van der Waals surface area contributed by atoms with E-state index in [1.165, 1.54) is 32.1 Å². The van der Waals surface area contributed by atoms with E-state index >= 15 is 0 Å². The summed E-state index contributed by atoms with van der Waals surface area (Å²) in [7, 11) is 1.24. The van der Waals surface area contributed by atoms with Gasteiger partial charge < -0.3 is 10.1 Å². The highest BCUT2D eigenvalue weighted by molar-refractivity contribution is 5.88. The molecule has 1 fully saturated rings. The number of hydrogen-bond acceptors (Lipinski definition) is 6. The first kappa shape index (κ1) is 14.2. The Labute approximate surface area is 116 Å². The molecule has 1 N–H and O–H groups in total. The van der Waals surface area contributed by atoms with Crippen LogP contribution in [0.2, 0.25) is 0 Å². The van der Waals surface area contributed by atoms with Gasteiger partial charge in [-0.05, 0) is 24.8 Å². The Hall–Kier alpha value is -2.18. The Morgan fingerprint density at radius 1 is 1.55 bits per heavy atom. The lowest BCUT2D eigenvalue weighted by Crippen LogP contribution is -2.11. The van der Waals surface area contributed by atoms with E-state index in [-0.39, 0.29) is 17.2 Å². The van der Waals surface area contributed by atoms with Crippen molar-refractivity contribution < 1.29 is 14.5 Å². The summed E-state index contributed by atoms with van der Waals surface area (Å²) in [5.41, 5.74) is -0.0770. The summed E-state index contributed by atoms with van der Waals surface area (Å²) in [4.78, 5) is 25.8. The van der Waals surface area contributed by atoms with Crippen molar-refractivity contribution in [1.29, 1.82) is 0 Å². The van der Waals surface area contributed by atoms with Gasteiger partial charge in [-0.25, -0.2) is 9.78 Å². The summed E-state index contributed by atoms with van der Waals surface area (Å²) in [6.07, 6.45) is 4.63. The molecule has 1 aliphatic carbocycles. The third-order valence-corrected chi connectivity index (χ3v) is 3.24. The van der Waals surface area contributed by atoms with Crippen molar-refractivity contribution in [3.8, 4) is 0 Å². The molecule has 1 aromatic rings. The number of nitro groups is 1. The zero-order valence-corrected chi connectivity index (χ0v) is 11.3. The number of rotatable bonds is 7. The Kier molecular flexibility index (Phi) is 4.49. The molecule has 108 valence electrons. The van der Waals surface area contributed by atoms with Crippen molar-refractivity contribution in [2.75, 3.05) is 19.0 Å². The molecule has 0 saturated heterocycles. The molecular formula is C13H17N3O4. The van der Waals surface area contributed by atoms with Crippen LogP contribution in [0.25, 0.3) is 0 Å². The summed E-state index contributed by atoms with van der Waals surface area (Å²) >= 11 is 0. The fraction of sp³-hybridized carbons (Fsp3) is 0.538. The molecular weight excluding hydrogens is 262 g/mol. The van der Waals surface area contributed by atoms with Crippen LogP contribution in [-0.2, 0) is 4.74 Å². The van der Waals surface area contributed by atoms with Crippen LogP contribution in [-0.4, -0.2) is 29.5 Å². The first-order valence-corrected chi connectivity index (χ1v) is 6.59. The SMILES string of the molecule is COC(=O)c1ccc([N+](=O)[O-])c(NCCCC2CC2)n1. The quantitative estimate of drug-likeness (QED) is 0.356. The molecule has 0 amide bonds. The van der Waals surface area contributed by atoms with Crippen molar-refractivity contribution in [2.24, 2.45) is 5.92 Å². The molecule has 1 aromatic heterocycles. The van der Waals surface area contributed by atoms with E-state index in [1.54, 1.807) is 0 Å². The lowest BCUT2D eigenvalue weighted by Gasteiger charge is -2.07. The van der Waals surface area contributed by atoms with Crippen LogP contribution in [0.4, 0.5) is 11.5 Å². The van der Waals surface area contributed by atoms with Gasteiger partial charge in [-0.3, -0.25) is 10.1 Å². The number of carbonyl (C=O) groups is 1. The van der Waals surface area contributed by atoms with Gasteiger partial charge in [-0.2, -0.15) is 0 Å². The first-order chi connectivity index (χ1) is 9.61. The number of esters is 1. The molecule has 7 nitrogen and oxygen atoms in total. The molecule has 0 radical (unpaired) electrons. The van der Waals surface area contributed by atoms with Crippen molar-refractivity contribution in [3.05, 3.63) is 27.9 Å². The summed E-state index contributed by atoms with van der Waals surface area (Å²) in [5.74, 6) is 0.329. The third kappa shape index (κ3) is 3.66. The minimum Gasteiger partial charge on any atom is -0.464 e. The lowest BCUT2D eigenvalue weighted by atomic mass is 10.2. The van der Waals surface area contributed by atoms with Crippen molar-refractivity contribution in [3.63, 3.8) is 0 Å². The second-order valence-corrected chi connectivity index (χ2v) is 4.83. The average Bonchev–Trinajstić information content (AvgIpc) is 3.26. The highest BCUT2D eigenvalue weighted by Gasteiger charge is 2.21. The number of hydrogen-bond donors (Lipinski definition) is 1. The Balaban J connectivity index is 2.04. The van der Waals surface area contributed by atoms with Gasteiger partial charge in [0.2, 0.25) is 5.82 Å². The van der Waals surface area contributed by atoms with E-state index in [2.05, 4.69) is 15.0 Å². The number of carbonyl (C=O) groups excluding carboxylic acids is 1. The van der Waals surface area contributed by atoms with E-state index in [4.69, 9.17) is 0 Å². The number of aromatic nitrogens is 1. The molecule has 1 aliphatic rings. The van der Waals surface area contributed by atoms with Gasteiger partial charge in [0.1, 0.15) is 0 Å². The van der Waals surface area contributed by atoms with Crippen LogP contribution in [0.5, 0.6) is 0 Å². The molecule has 0 aliphatic heterocycles. The summed E-state index contributed by atoms with van der Waals surface area (Å²) in [6, 6.07) is 2.56. The molecule has 0 bridgehead atoms. The second kappa shape index (κ2) is 6.31. The van der Waals surface area contributed by atoms with E-state index in [0.717, 1.165) is 18.8 Å². The van der Waals surface area contributed by atoms with Crippen molar-refractivity contribution in [2.45, 2.75) is 25.7 Å². The van der Waals surface area contributed by atoms with Crippen LogP contribution >= 0.6 is 0 Å². The molecule has 20 heavy (non-hydrogen) atoms. The average molecular weight is 279 g/mol. The topological polar surface area (TPSA) is 94.4 Å². The lowest BCUT2D eigenvalue weighted by molar-refractivity contribution is -0.384. The monoisotopic (exact) mass is 279 g/mol. The molecule has 0 unspecified atom stereocenters. The molecule has 0 aromatic carbocycles. The van der Waals surface area contributed by atoms with E-state index in [0.29, 0.717) is 6.54 Å².